The van der Waals surface area contributed by atoms with Crippen molar-refractivity contribution in [1.82, 2.24) is 15.0 Å². The summed E-state index contributed by atoms with van der Waals surface area (Å²) in [7, 11) is 1.58. The molecule has 8 nitrogen and oxygen atoms in total. The zero-order chi connectivity index (χ0) is 17.8. The van der Waals surface area contributed by atoms with Gasteiger partial charge in [-0.05, 0) is 35.6 Å². The molecule has 25 heavy (non-hydrogen) atoms. The molecule has 0 aromatic carbocycles. The number of rotatable bonds is 4. The standard InChI is InChI=1S/C16H19IN6O2/c1-10-13(20-9-11-12(17)3-4-19-15(11)24-2)14(18)22-16(21-10)23-5-7-25-8-6-23/h3-4,9H,5-8H2,1-2H3,(H2,18,21,22)/b20-9+. The number of hydrogen-bond acceptors (Lipinski definition) is 8. The van der Waals surface area contributed by atoms with Crippen LogP contribution in [-0.2, 0) is 4.74 Å². The molecule has 2 N–H and O–H groups in total. The number of methoxy groups -OCH3 is 1. The molecule has 0 radical (unpaired) electrons. The van der Waals surface area contributed by atoms with Crippen molar-refractivity contribution in [2.75, 3.05) is 44.0 Å². The molecule has 3 heterocycles. The first kappa shape index (κ1) is 17.8. The van der Waals surface area contributed by atoms with Gasteiger partial charge in [-0.2, -0.15) is 4.98 Å². The molecule has 1 saturated heterocycles. The van der Waals surface area contributed by atoms with E-state index in [-0.39, 0.29) is 0 Å². The second-order valence-electron chi connectivity index (χ2n) is 5.42. The second-order valence-corrected chi connectivity index (χ2v) is 6.58. The van der Waals surface area contributed by atoms with E-state index < -0.39 is 0 Å². The van der Waals surface area contributed by atoms with Crippen molar-refractivity contribution in [3.05, 3.63) is 27.1 Å². The number of morpholine rings is 1. The summed E-state index contributed by atoms with van der Waals surface area (Å²) < 4.78 is 11.6. The maximum atomic E-state index is 6.13. The van der Waals surface area contributed by atoms with Crippen molar-refractivity contribution in [2.45, 2.75) is 6.92 Å². The second kappa shape index (κ2) is 7.91. The molecular formula is C16H19IN6O2. The highest BCUT2D eigenvalue weighted by molar-refractivity contribution is 14.1. The van der Waals surface area contributed by atoms with E-state index >= 15 is 0 Å². The predicted octanol–water partition coefficient (Wildman–Crippen LogP) is 1.96. The molecule has 1 aliphatic rings. The quantitative estimate of drug-likeness (QED) is 0.557. The molecule has 0 aliphatic carbocycles. The van der Waals surface area contributed by atoms with E-state index in [1.807, 2.05) is 13.0 Å². The topological polar surface area (TPSA) is 98.8 Å². The van der Waals surface area contributed by atoms with Gasteiger partial charge in [0.25, 0.3) is 0 Å². The Labute approximate surface area is 159 Å². The average molecular weight is 454 g/mol. The summed E-state index contributed by atoms with van der Waals surface area (Å²) >= 11 is 2.21. The Hall–Kier alpha value is -2.01. The van der Waals surface area contributed by atoms with Crippen LogP contribution < -0.4 is 15.4 Å². The monoisotopic (exact) mass is 454 g/mol. The van der Waals surface area contributed by atoms with Gasteiger partial charge in [0.1, 0.15) is 5.69 Å². The molecule has 0 atom stereocenters. The minimum absolute atomic E-state index is 0.350. The minimum Gasteiger partial charge on any atom is -0.480 e. The number of hydrogen-bond donors (Lipinski definition) is 1. The van der Waals surface area contributed by atoms with Crippen LogP contribution in [0.3, 0.4) is 0 Å². The Balaban J connectivity index is 1.91. The summed E-state index contributed by atoms with van der Waals surface area (Å²) in [4.78, 5) is 19.7. The van der Waals surface area contributed by atoms with Crippen molar-refractivity contribution in [2.24, 2.45) is 4.99 Å². The number of aliphatic imine (C=N–C) groups is 1. The molecule has 0 bridgehead atoms. The fourth-order valence-electron chi connectivity index (χ4n) is 2.48. The van der Waals surface area contributed by atoms with E-state index in [1.54, 1.807) is 19.5 Å². The molecule has 132 valence electrons. The van der Waals surface area contributed by atoms with Gasteiger partial charge in [0.05, 0.1) is 31.6 Å². The summed E-state index contributed by atoms with van der Waals surface area (Å²) in [6.45, 7) is 4.72. The van der Waals surface area contributed by atoms with Gasteiger partial charge < -0.3 is 20.1 Å². The summed E-state index contributed by atoms with van der Waals surface area (Å²) in [6, 6.07) is 1.89. The van der Waals surface area contributed by atoms with Gasteiger partial charge >= 0.3 is 0 Å². The molecule has 1 fully saturated rings. The molecular weight excluding hydrogens is 435 g/mol. The Morgan fingerprint density at radius 1 is 1.36 bits per heavy atom. The van der Waals surface area contributed by atoms with E-state index in [2.05, 4.69) is 47.4 Å². The van der Waals surface area contributed by atoms with Crippen LogP contribution in [0.15, 0.2) is 17.3 Å². The van der Waals surface area contributed by atoms with Crippen LogP contribution in [-0.4, -0.2) is 54.6 Å². The predicted molar refractivity (Wildman–Crippen MR) is 105 cm³/mol. The summed E-state index contributed by atoms with van der Waals surface area (Å²) in [6.07, 6.45) is 3.38. The fraction of sp³-hybridized carbons (Fsp3) is 0.375. The first-order chi connectivity index (χ1) is 12.1. The Bertz CT molecular complexity index is 769. The Morgan fingerprint density at radius 3 is 2.80 bits per heavy atom. The average Bonchev–Trinajstić information content (AvgIpc) is 2.62. The van der Waals surface area contributed by atoms with Gasteiger partial charge in [0.2, 0.25) is 11.8 Å². The molecule has 0 unspecified atom stereocenters. The lowest BCUT2D eigenvalue weighted by Gasteiger charge is -2.27. The van der Waals surface area contributed by atoms with E-state index in [9.17, 15) is 0 Å². The molecule has 2 aromatic rings. The maximum absolute atomic E-state index is 6.13. The lowest BCUT2D eigenvalue weighted by atomic mass is 10.3. The number of anilines is 2. The first-order valence-electron chi connectivity index (χ1n) is 7.79. The third-order valence-corrected chi connectivity index (χ3v) is 4.72. The summed E-state index contributed by atoms with van der Waals surface area (Å²) in [5.41, 5.74) is 8.20. The fourth-order valence-corrected chi connectivity index (χ4v) is 3.01. The highest BCUT2D eigenvalue weighted by atomic mass is 127. The number of aromatic nitrogens is 3. The largest absolute Gasteiger partial charge is 0.480 e. The van der Waals surface area contributed by atoms with E-state index in [0.29, 0.717) is 36.5 Å². The first-order valence-corrected chi connectivity index (χ1v) is 8.87. The lowest BCUT2D eigenvalue weighted by Crippen LogP contribution is -2.37. The third kappa shape index (κ3) is 3.98. The zero-order valence-corrected chi connectivity index (χ0v) is 16.2. The van der Waals surface area contributed by atoms with Gasteiger partial charge in [-0.1, -0.05) is 0 Å². The van der Waals surface area contributed by atoms with Crippen LogP contribution in [0.5, 0.6) is 5.88 Å². The highest BCUT2D eigenvalue weighted by Gasteiger charge is 2.17. The van der Waals surface area contributed by atoms with E-state index in [4.69, 9.17) is 15.2 Å². The molecule has 2 aromatic heterocycles. The highest BCUT2D eigenvalue weighted by Crippen LogP contribution is 2.27. The van der Waals surface area contributed by atoms with Gasteiger partial charge in [0.15, 0.2) is 5.82 Å². The van der Waals surface area contributed by atoms with Crippen LogP contribution in [0.1, 0.15) is 11.3 Å². The van der Waals surface area contributed by atoms with Gasteiger partial charge in [0, 0.05) is 29.1 Å². The number of halogens is 1. The lowest BCUT2D eigenvalue weighted by molar-refractivity contribution is 0.122. The molecule has 0 saturated carbocycles. The van der Waals surface area contributed by atoms with Crippen LogP contribution in [0.25, 0.3) is 0 Å². The number of nitrogens with zero attached hydrogens (tertiary/aromatic N) is 5. The molecule has 0 spiro atoms. The molecule has 3 rings (SSSR count). The Morgan fingerprint density at radius 2 is 2.12 bits per heavy atom. The van der Waals surface area contributed by atoms with Crippen molar-refractivity contribution >= 4 is 46.3 Å². The van der Waals surface area contributed by atoms with Crippen LogP contribution in [0, 0.1) is 10.5 Å². The molecule has 1 aliphatic heterocycles. The van der Waals surface area contributed by atoms with Crippen molar-refractivity contribution < 1.29 is 9.47 Å². The SMILES string of the molecule is COc1nccc(I)c1/C=N/c1c(C)nc(N2CCOCC2)nc1N. The van der Waals surface area contributed by atoms with Crippen LogP contribution in [0.4, 0.5) is 17.5 Å². The van der Waals surface area contributed by atoms with Gasteiger partial charge in [-0.25, -0.2) is 9.97 Å². The third-order valence-electron chi connectivity index (χ3n) is 3.78. The van der Waals surface area contributed by atoms with Crippen LogP contribution >= 0.6 is 22.6 Å². The van der Waals surface area contributed by atoms with Crippen LogP contribution in [0.2, 0.25) is 0 Å². The van der Waals surface area contributed by atoms with Gasteiger partial charge in [-0.3, -0.25) is 4.99 Å². The van der Waals surface area contributed by atoms with E-state index in [1.165, 1.54) is 0 Å². The minimum atomic E-state index is 0.350. The number of pyridine rings is 1. The summed E-state index contributed by atoms with van der Waals surface area (Å²) in [5, 5.41) is 0. The molecule has 9 heteroatoms. The number of nitrogen functional groups attached to an aromatic ring is 1. The number of nitrogens with two attached hydrogens (primary N) is 1. The smallest absolute Gasteiger partial charge is 0.227 e. The van der Waals surface area contributed by atoms with Gasteiger partial charge in [-0.15, -0.1) is 0 Å². The molecule has 0 amide bonds. The zero-order valence-electron chi connectivity index (χ0n) is 14.1. The van der Waals surface area contributed by atoms with E-state index in [0.717, 1.165) is 27.9 Å². The van der Waals surface area contributed by atoms with Crippen molar-refractivity contribution in [3.8, 4) is 5.88 Å². The Kier molecular flexibility index (Phi) is 5.63. The normalized spacial score (nSPS) is 14.9. The summed E-state index contributed by atoms with van der Waals surface area (Å²) in [5.74, 6) is 1.48. The van der Waals surface area contributed by atoms with Crippen molar-refractivity contribution in [3.63, 3.8) is 0 Å². The maximum Gasteiger partial charge on any atom is 0.227 e. The van der Waals surface area contributed by atoms with Crippen molar-refractivity contribution in [1.29, 1.82) is 0 Å². The number of ether oxygens (including phenoxy) is 2. The number of aryl methyl sites for hydroxylation is 1.